The Bertz CT molecular complexity index is 974. The molecule has 0 aliphatic carbocycles. The van der Waals surface area contributed by atoms with Crippen LogP contribution in [0.15, 0.2) is 64.6 Å². The molecule has 1 unspecified atom stereocenters. The largest absolute Gasteiger partial charge is 0.271 e. The van der Waals surface area contributed by atoms with Crippen LogP contribution in [0.3, 0.4) is 0 Å². The molecule has 2 aromatic carbocycles. The quantitative estimate of drug-likeness (QED) is 0.395. The summed E-state index contributed by atoms with van der Waals surface area (Å²) >= 11 is 0. The lowest BCUT2D eigenvalue weighted by Crippen LogP contribution is -2.48. The molecule has 10 heteroatoms. The van der Waals surface area contributed by atoms with E-state index in [1.165, 1.54) is 36.5 Å². The van der Waals surface area contributed by atoms with Gasteiger partial charge in [-0.25, -0.2) is 13.8 Å². The fourth-order valence-corrected chi connectivity index (χ4v) is 3.65. The summed E-state index contributed by atoms with van der Waals surface area (Å²) < 4.78 is 27.3. The van der Waals surface area contributed by atoms with Gasteiger partial charge in [0.2, 0.25) is 10.0 Å². The number of hydrogen-bond donors (Lipinski definition) is 2. The second kappa shape index (κ2) is 9.20. The summed E-state index contributed by atoms with van der Waals surface area (Å²) in [6.45, 7) is 3.39. The van der Waals surface area contributed by atoms with Crippen molar-refractivity contribution in [3.8, 4) is 0 Å². The van der Waals surface area contributed by atoms with Gasteiger partial charge in [0.15, 0.2) is 0 Å². The number of nitro benzene ring substituents is 1. The first-order chi connectivity index (χ1) is 13.2. The number of nitrogens with one attached hydrogen (secondary N) is 2. The second-order valence-corrected chi connectivity index (χ2v) is 7.96. The van der Waals surface area contributed by atoms with Crippen molar-refractivity contribution in [2.24, 2.45) is 11.0 Å². The van der Waals surface area contributed by atoms with Gasteiger partial charge in [0.1, 0.15) is 6.04 Å². The minimum absolute atomic E-state index is 0.0496. The third kappa shape index (κ3) is 5.69. The van der Waals surface area contributed by atoms with Crippen LogP contribution in [-0.4, -0.2) is 31.5 Å². The third-order valence-electron chi connectivity index (χ3n) is 3.75. The number of hydrogen-bond acceptors (Lipinski definition) is 6. The van der Waals surface area contributed by atoms with Crippen LogP contribution in [0.5, 0.6) is 0 Å². The van der Waals surface area contributed by atoms with Crippen LogP contribution in [0.2, 0.25) is 0 Å². The first kappa shape index (κ1) is 21.2. The zero-order chi connectivity index (χ0) is 20.7. The van der Waals surface area contributed by atoms with Gasteiger partial charge in [0, 0.05) is 17.7 Å². The molecule has 0 saturated carbocycles. The predicted molar refractivity (Wildman–Crippen MR) is 104 cm³/mol. The van der Waals surface area contributed by atoms with Crippen molar-refractivity contribution in [1.29, 1.82) is 0 Å². The van der Waals surface area contributed by atoms with Crippen molar-refractivity contribution in [1.82, 2.24) is 10.1 Å². The van der Waals surface area contributed by atoms with E-state index in [9.17, 15) is 23.3 Å². The lowest BCUT2D eigenvalue weighted by molar-refractivity contribution is -0.384. The van der Waals surface area contributed by atoms with Crippen LogP contribution in [-0.2, 0) is 14.8 Å². The lowest BCUT2D eigenvalue weighted by atomic mass is 10.1. The Kier molecular flexibility index (Phi) is 6.96. The number of nitro groups is 1. The molecule has 0 aromatic heterocycles. The molecular formula is C18H20N4O5S. The Hall–Kier alpha value is -3.11. The number of benzene rings is 2. The van der Waals surface area contributed by atoms with Crippen molar-refractivity contribution in [3.63, 3.8) is 0 Å². The number of sulfonamides is 1. The highest BCUT2D eigenvalue weighted by Gasteiger charge is 2.28. The van der Waals surface area contributed by atoms with Gasteiger partial charge < -0.3 is 0 Å². The van der Waals surface area contributed by atoms with Gasteiger partial charge in [-0.15, -0.1) is 0 Å². The van der Waals surface area contributed by atoms with E-state index in [0.29, 0.717) is 5.56 Å². The average Bonchev–Trinajstić information content (AvgIpc) is 2.66. The molecule has 2 aromatic rings. The normalized spacial score (nSPS) is 12.8. The fourth-order valence-electron chi connectivity index (χ4n) is 2.29. The number of non-ortho nitro benzene ring substituents is 1. The van der Waals surface area contributed by atoms with E-state index in [1.807, 2.05) is 0 Å². The molecular weight excluding hydrogens is 384 g/mol. The van der Waals surface area contributed by atoms with Gasteiger partial charge in [-0.05, 0) is 18.1 Å². The van der Waals surface area contributed by atoms with E-state index >= 15 is 0 Å². The predicted octanol–water partition coefficient (Wildman–Crippen LogP) is 2.05. The fraction of sp³-hybridized carbons (Fsp3) is 0.222. The molecule has 148 valence electrons. The van der Waals surface area contributed by atoms with Crippen LogP contribution in [0, 0.1) is 16.0 Å². The summed E-state index contributed by atoms with van der Waals surface area (Å²) in [5.74, 6) is -0.984. The van der Waals surface area contributed by atoms with Gasteiger partial charge >= 0.3 is 0 Å². The van der Waals surface area contributed by atoms with Crippen LogP contribution in [0.4, 0.5) is 5.69 Å². The third-order valence-corrected chi connectivity index (χ3v) is 5.21. The molecule has 0 fully saturated rings. The summed E-state index contributed by atoms with van der Waals surface area (Å²) in [5, 5.41) is 14.5. The summed E-state index contributed by atoms with van der Waals surface area (Å²) in [6, 6.07) is 12.4. The van der Waals surface area contributed by atoms with Crippen LogP contribution < -0.4 is 10.1 Å². The maximum Gasteiger partial charge on any atom is 0.270 e. The maximum atomic E-state index is 12.5. The van der Waals surface area contributed by atoms with Crippen LogP contribution >= 0.6 is 0 Å². The number of hydrazone groups is 1. The Labute approximate surface area is 162 Å². The van der Waals surface area contributed by atoms with E-state index in [4.69, 9.17) is 0 Å². The van der Waals surface area contributed by atoms with Crippen molar-refractivity contribution < 1.29 is 18.1 Å². The highest BCUT2D eigenvalue weighted by atomic mass is 32.2. The van der Waals surface area contributed by atoms with E-state index in [2.05, 4.69) is 15.2 Å². The Balaban J connectivity index is 2.09. The standard InChI is InChI=1S/C18H20N4O5S/c1-13(2)17(21-28(26,27)16-9-4-3-5-10-16)18(23)20-19-12-14-7-6-8-15(11-14)22(24)25/h3-13,17,21H,1-2H3,(H,20,23)/b19-12+. The molecule has 1 atom stereocenters. The summed E-state index contributed by atoms with van der Waals surface area (Å²) in [6.07, 6.45) is 1.24. The van der Waals surface area contributed by atoms with E-state index in [1.54, 1.807) is 38.1 Å². The van der Waals surface area contributed by atoms with Crippen molar-refractivity contribution in [3.05, 3.63) is 70.3 Å². The van der Waals surface area contributed by atoms with Gasteiger partial charge in [-0.2, -0.15) is 9.82 Å². The van der Waals surface area contributed by atoms with Crippen molar-refractivity contribution in [2.75, 3.05) is 0 Å². The number of carbonyl (C=O) groups excluding carboxylic acids is 1. The molecule has 0 spiro atoms. The monoisotopic (exact) mass is 404 g/mol. The second-order valence-electron chi connectivity index (χ2n) is 6.24. The first-order valence-corrected chi connectivity index (χ1v) is 9.84. The summed E-state index contributed by atoms with van der Waals surface area (Å²) in [5.41, 5.74) is 2.58. The average molecular weight is 404 g/mol. The smallest absolute Gasteiger partial charge is 0.270 e. The minimum atomic E-state index is -3.88. The van der Waals surface area contributed by atoms with Gasteiger partial charge in [0.25, 0.3) is 11.6 Å². The molecule has 0 radical (unpaired) electrons. The molecule has 2 rings (SSSR count). The topological polar surface area (TPSA) is 131 Å². The zero-order valence-electron chi connectivity index (χ0n) is 15.3. The number of amides is 1. The lowest BCUT2D eigenvalue weighted by Gasteiger charge is -2.20. The number of nitrogens with zero attached hydrogens (tertiary/aromatic N) is 2. The Morgan fingerprint density at radius 3 is 2.43 bits per heavy atom. The van der Waals surface area contributed by atoms with Crippen molar-refractivity contribution in [2.45, 2.75) is 24.8 Å². The van der Waals surface area contributed by atoms with E-state index in [-0.39, 0.29) is 16.5 Å². The van der Waals surface area contributed by atoms with Gasteiger partial charge in [-0.3, -0.25) is 14.9 Å². The molecule has 1 amide bonds. The molecule has 0 bridgehead atoms. The molecule has 2 N–H and O–H groups in total. The molecule has 28 heavy (non-hydrogen) atoms. The van der Waals surface area contributed by atoms with Gasteiger partial charge in [-0.1, -0.05) is 44.2 Å². The molecule has 9 nitrogen and oxygen atoms in total. The number of rotatable bonds is 8. The van der Waals surface area contributed by atoms with Crippen LogP contribution in [0.25, 0.3) is 0 Å². The highest BCUT2D eigenvalue weighted by Crippen LogP contribution is 2.12. The Morgan fingerprint density at radius 2 is 1.82 bits per heavy atom. The Morgan fingerprint density at radius 1 is 1.14 bits per heavy atom. The summed E-state index contributed by atoms with van der Waals surface area (Å²) in [4.78, 5) is 22.7. The minimum Gasteiger partial charge on any atom is -0.271 e. The molecule has 0 aliphatic rings. The maximum absolute atomic E-state index is 12.5. The molecule has 0 saturated heterocycles. The van der Waals surface area contributed by atoms with Gasteiger partial charge in [0.05, 0.1) is 16.0 Å². The highest BCUT2D eigenvalue weighted by molar-refractivity contribution is 7.89. The van der Waals surface area contributed by atoms with E-state index < -0.39 is 26.9 Å². The number of carbonyl (C=O) groups is 1. The molecule has 0 heterocycles. The molecule has 0 aliphatic heterocycles. The van der Waals surface area contributed by atoms with Crippen molar-refractivity contribution >= 4 is 27.8 Å². The van der Waals surface area contributed by atoms with E-state index in [0.717, 1.165) is 0 Å². The SMILES string of the molecule is CC(C)C(NS(=O)(=O)c1ccccc1)C(=O)N/N=C/c1cccc([N+](=O)[O-])c1. The van der Waals surface area contributed by atoms with Crippen LogP contribution in [0.1, 0.15) is 19.4 Å². The zero-order valence-corrected chi connectivity index (χ0v) is 16.1. The first-order valence-electron chi connectivity index (χ1n) is 8.35. The summed E-state index contributed by atoms with van der Waals surface area (Å²) in [7, 11) is -3.88.